The third-order valence-corrected chi connectivity index (χ3v) is 2.29. The van der Waals surface area contributed by atoms with E-state index in [-0.39, 0.29) is 0 Å². The van der Waals surface area contributed by atoms with Crippen molar-refractivity contribution in [3.05, 3.63) is 41.5 Å². The summed E-state index contributed by atoms with van der Waals surface area (Å²) >= 11 is 0. The van der Waals surface area contributed by atoms with Gasteiger partial charge >= 0.3 is 5.97 Å². The number of carboxylic acids is 1. The Kier molecular flexibility index (Phi) is 4.58. The first kappa shape index (κ1) is 12.3. The van der Waals surface area contributed by atoms with E-state index in [0.717, 1.165) is 11.8 Å². The minimum Gasteiger partial charge on any atom is -0.493 e. The minimum absolute atomic E-state index is 0.492. The van der Waals surface area contributed by atoms with Crippen LogP contribution in [0.25, 0.3) is 0 Å². The molecule has 16 heavy (non-hydrogen) atoms. The van der Waals surface area contributed by atoms with E-state index >= 15 is 0 Å². The lowest BCUT2D eigenvalue weighted by Crippen LogP contribution is -1.97. The van der Waals surface area contributed by atoms with Crippen LogP contribution in [0.1, 0.15) is 17.5 Å². The summed E-state index contributed by atoms with van der Waals surface area (Å²) in [5.41, 5.74) is 2.43. The number of aryl methyl sites for hydroxylation is 2. The van der Waals surface area contributed by atoms with Crippen LogP contribution in [-0.4, -0.2) is 17.7 Å². The lowest BCUT2D eigenvalue weighted by molar-refractivity contribution is -0.131. The second-order valence-electron chi connectivity index (χ2n) is 3.62. The summed E-state index contributed by atoms with van der Waals surface area (Å²) in [6, 6.07) is 5.91. The zero-order chi connectivity index (χ0) is 12.0. The lowest BCUT2D eigenvalue weighted by atomic mass is 10.1. The van der Waals surface area contributed by atoms with E-state index in [1.807, 2.05) is 25.1 Å². The zero-order valence-electron chi connectivity index (χ0n) is 9.56. The van der Waals surface area contributed by atoms with Crippen LogP contribution < -0.4 is 4.74 Å². The van der Waals surface area contributed by atoms with Crippen molar-refractivity contribution in [2.45, 2.75) is 20.3 Å². The van der Waals surface area contributed by atoms with E-state index < -0.39 is 5.97 Å². The number of ether oxygens (including phenoxy) is 1. The van der Waals surface area contributed by atoms with Crippen molar-refractivity contribution in [1.29, 1.82) is 0 Å². The Balaban J connectivity index is 2.37. The summed E-state index contributed by atoms with van der Waals surface area (Å²) < 4.78 is 5.48. The van der Waals surface area contributed by atoms with E-state index in [2.05, 4.69) is 6.92 Å². The second-order valence-corrected chi connectivity index (χ2v) is 3.62. The van der Waals surface area contributed by atoms with Gasteiger partial charge in [-0.1, -0.05) is 12.1 Å². The van der Waals surface area contributed by atoms with Gasteiger partial charge in [-0.3, -0.25) is 0 Å². The van der Waals surface area contributed by atoms with Crippen molar-refractivity contribution in [3.63, 3.8) is 0 Å². The van der Waals surface area contributed by atoms with Gasteiger partial charge in [0.15, 0.2) is 0 Å². The second kappa shape index (κ2) is 5.95. The number of carbonyl (C=O) groups is 1. The molecule has 0 spiro atoms. The first-order valence-electron chi connectivity index (χ1n) is 5.19. The number of carboxylic acid groups (broad SMARTS) is 1. The van der Waals surface area contributed by atoms with Gasteiger partial charge in [0.2, 0.25) is 0 Å². The molecule has 0 unspecified atom stereocenters. The first-order valence-corrected chi connectivity index (χ1v) is 5.19. The Morgan fingerprint density at radius 1 is 1.38 bits per heavy atom. The molecule has 0 heterocycles. The van der Waals surface area contributed by atoms with Crippen LogP contribution in [0.3, 0.4) is 0 Å². The van der Waals surface area contributed by atoms with Crippen LogP contribution in [0, 0.1) is 13.8 Å². The average molecular weight is 220 g/mol. The zero-order valence-corrected chi connectivity index (χ0v) is 9.56. The van der Waals surface area contributed by atoms with Gasteiger partial charge in [-0.2, -0.15) is 0 Å². The Labute approximate surface area is 95.4 Å². The van der Waals surface area contributed by atoms with Gasteiger partial charge < -0.3 is 9.84 Å². The number of hydrogen-bond acceptors (Lipinski definition) is 2. The highest BCUT2D eigenvalue weighted by Gasteiger charge is 1.96. The van der Waals surface area contributed by atoms with Gasteiger partial charge in [-0.15, -0.1) is 0 Å². The van der Waals surface area contributed by atoms with Crippen molar-refractivity contribution in [2.24, 2.45) is 0 Å². The molecular formula is C13H16O3. The molecule has 0 atom stereocenters. The van der Waals surface area contributed by atoms with Crippen molar-refractivity contribution in [3.8, 4) is 5.75 Å². The highest BCUT2D eigenvalue weighted by atomic mass is 16.5. The quantitative estimate of drug-likeness (QED) is 0.613. The maximum Gasteiger partial charge on any atom is 0.327 e. The molecule has 0 amide bonds. The smallest absolute Gasteiger partial charge is 0.327 e. The molecule has 1 aromatic rings. The molecule has 0 fully saturated rings. The molecule has 0 aromatic heterocycles. The summed E-state index contributed by atoms with van der Waals surface area (Å²) in [4.78, 5) is 10.2. The van der Waals surface area contributed by atoms with Crippen LogP contribution in [0.5, 0.6) is 5.75 Å². The molecule has 0 aliphatic heterocycles. The molecule has 3 heteroatoms. The topological polar surface area (TPSA) is 46.5 Å². The molecule has 0 bridgehead atoms. The summed E-state index contributed by atoms with van der Waals surface area (Å²) in [6.45, 7) is 4.58. The number of rotatable bonds is 5. The van der Waals surface area contributed by atoms with Crippen LogP contribution in [0.15, 0.2) is 30.4 Å². The van der Waals surface area contributed by atoms with Crippen molar-refractivity contribution in [1.82, 2.24) is 0 Å². The maximum atomic E-state index is 10.2. The Bertz CT molecular complexity index is 394. The minimum atomic E-state index is -0.925. The predicted molar refractivity (Wildman–Crippen MR) is 62.8 cm³/mol. The average Bonchev–Trinajstić information content (AvgIpc) is 2.22. The van der Waals surface area contributed by atoms with Gasteiger partial charge in [0.1, 0.15) is 5.75 Å². The highest BCUT2D eigenvalue weighted by Crippen LogP contribution is 2.16. The van der Waals surface area contributed by atoms with Gasteiger partial charge in [0, 0.05) is 6.08 Å². The van der Waals surface area contributed by atoms with Gasteiger partial charge in [-0.25, -0.2) is 4.79 Å². The van der Waals surface area contributed by atoms with Crippen molar-refractivity contribution in [2.75, 3.05) is 6.61 Å². The predicted octanol–water partition coefficient (Wildman–Crippen LogP) is 2.71. The van der Waals surface area contributed by atoms with Gasteiger partial charge in [-0.05, 0) is 43.5 Å². The highest BCUT2D eigenvalue weighted by molar-refractivity contribution is 5.79. The standard InChI is InChI=1S/C13H16O3/c1-10-6-7-12(9-11(10)2)16-8-4-3-5-13(14)15/h3,5-7,9H,4,8H2,1-2H3,(H,14,15)/b5-3+. The third-order valence-electron chi connectivity index (χ3n) is 2.29. The van der Waals surface area contributed by atoms with Crippen LogP contribution in [-0.2, 0) is 4.79 Å². The summed E-state index contributed by atoms with van der Waals surface area (Å²) in [7, 11) is 0. The molecule has 86 valence electrons. The first-order chi connectivity index (χ1) is 7.59. The molecule has 0 saturated heterocycles. The van der Waals surface area contributed by atoms with Crippen LogP contribution >= 0.6 is 0 Å². The Hall–Kier alpha value is -1.77. The van der Waals surface area contributed by atoms with Crippen LogP contribution in [0.2, 0.25) is 0 Å². The number of hydrogen-bond donors (Lipinski definition) is 1. The Morgan fingerprint density at radius 2 is 2.12 bits per heavy atom. The van der Waals surface area contributed by atoms with E-state index in [1.54, 1.807) is 6.08 Å². The molecule has 1 aromatic carbocycles. The molecule has 0 aliphatic rings. The summed E-state index contributed by atoms with van der Waals surface area (Å²) in [5.74, 6) is -0.0991. The number of aliphatic carboxylic acids is 1. The fourth-order valence-electron chi connectivity index (χ4n) is 1.23. The van der Waals surface area contributed by atoms with Gasteiger partial charge in [0.05, 0.1) is 6.61 Å². The van der Waals surface area contributed by atoms with Crippen LogP contribution in [0.4, 0.5) is 0 Å². The van der Waals surface area contributed by atoms with E-state index in [9.17, 15) is 4.79 Å². The monoisotopic (exact) mass is 220 g/mol. The molecule has 1 N–H and O–H groups in total. The number of benzene rings is 1. The normalized spacial score (nSPS) is 10.6. The molecule has 3 nitrogen and oxygen atoms in total. The SMILES string of the molecule is Cc1ccc(OCC/C=C/C(=O)O)cc1C. The van der Waals surface area contributed by atoms with E-state index in [4.69, 9.17) is 9.84 Å². The fraction of sp³-hybridized carbons (Fsp3) is 0.308. The molecule has 1 rings (SSSR count). The lowest BCUT2D eigenvalue weighted by Gasteiger charge is -2.06. The maximum absolute atomic E-state index is 10.2. The summed E-state index contributed by atoms with van der Waals surface area (Å²) in [6.07, 6.45) is 3.31. The summed E-state index contributed by atoms with van der Waals surface area (Å²) in [5, 5.41) is 8.37. The third kappa shape index (κ3) is 4.17. The molecule has 0 aliphatic carbocycles. The largest absolute Gasteiger partial charge is 0.493 e. The molecular weight excluding hydrogens is 204 g/mol. The molecule has 0 saturated carbocycles. The fourth-order valence-corrected chi connectivity index (χ4v) is 1.23. The van der Waals surface area contributed by atoms with Gasteiger partial charge in [0.25, 0.3) is 0 Å². The Morgan fingerprint density at radius 3 is 2.75 bits per heavy atom. The molecule has 0 radical (unpaired) electrons. The van der Waals surface area contributed by atoms with Crippen molar-refractivity contribution >= 4 is 5.97 Å². The van der Waals surface area contributed by atoms with E-state index in [1.165, 1.54) is 11.1 Å². The van der Waals surface area contributed by atoms with E-state index in [0.29, 0.717) is 13.0 Å². The van der Waals surface area contributed by atoms with Crippen molar-refractivity contribution < 1.29 is 14.6 Å².